The molecule has 1 heterocycles. The van der Waals surface area contributed by atoms with E-state index in [0.29, 0.717) is 5.78 Å². The number of Topliss-reactive ketones (excluding diaryl/α,β-unsaturated/α-hetero) is 1. The van der Waals surface area contributed by atoms with Gasteiger partial charge < -0.3 is 4.90 Å². The van der Waals surface area contributed by atoms with E-state index in [4.69, 9.17) is 0 Å². The van der Waals surface area contributed by atoms with Crippen molar-refractivity contribution in [2.24, 2.45) is 5.92 Å². The summed E-state index contributed by atoms with van der Waals surface area (Å²) in [7, 11) is 0. The lowest BCUT2D eigenvalue weighted by atomic mass is 10.0. The van der Waals surface area contributed by atoms with Crippen LogP contribution in [0.2, 0.25) is 0 Å². The van der Waals surface area contributed by atoms with E-state index in [2.05, 4.69) is 23.1 Å². The number of likely N-dealkylation sites (tertiary alicyclic amines) is 1. The summed E-state index contributed by atoms with van der Waals surface area (Å²) in [6.45, 7) is 3.34. The van der Waals surface area contributed by atoms with E-state index in [9.17, 15) is 4.79 Å². The highest BCUT2D eigenvalue weighted by Crippen LogP contribution is 2.29. The normalized spacial score (nSPS) is 26.3. The Hall–Kier alpha value is -1.41. The Labute approximate surface area is 121 Å². The fraction of sp³-hybridized carbons (Fsp3) is 0.500. The summed E-state index contributed by atoms with van der Waals surface area (Å²) in [6.07, 6.45) is 8.02. The lowest BCUT2D eigenvalue weighted by molar-refractivity contribution is -0.118. The number of carbonyl (C=O) groups excluding carboxylic acids is 1. The average Bonchev–Trinajstić information content (AvgIpc) is 2.83. The highest BCUT2D eigenvalue weighted by Gasteiger charge is 2.30. The molecule has 0 amide bonds. The third-order valence-corrected chi connectivity index (χ3v) is 4.52. The predicted molar refractivity (Wildman–Crippen MR) is 82.4 cm³/mol. The molecule has 1 atom stereocenters. The van der Waals surface area contributed by atoms with Gasteiger partial charge in [-0.25, -0.2) is 0 Å². The van der Waals surface area contributed by atoms with Gasteiger partial charge in [0, 0.05) is 12.5 Å². The van der Waals surface area contributed by atoms with Gasteiger partial charge in [0.15, 0.2) is 5.78 Å². The summed E-state index contributed by atoms with van der Waals surface area (Å²) in [5.74, 6) is 0.627. The van der Waals surface area contributed by atoms with Gasteiger partial charge in [-0.3, -0.25) is 4.79 Å². The van der Waals surface area contributed by atoms with Crippen LogP contribution < -0.4 is 0 Å². The summed E-state index contributed by atoms with van der Waals surface area (Å²) < 4.78 is 0. The maximum Gasteiger partial charge on any atom is 0.163 e. The zero-order valence-electron chi connectivity index (χ0n) is 12.1. The molecule has 1 aromatic rings. The maximum absolute atomic E-state index is 12.5. The van der Waals surface area contributed by atoms with Gasteiger partial charge in [0.05, 0.1) is 0 Å². The number of ketones is 1. The molecule has 1 saturated carbocycles. The molecule has 0 N–H and O–H groups in total. The van der Waals surface area contributed by atoms with Crippen LogP contribution in [0.5, 0.6) is 0 Å². The van der Waals surface area contributed by atoms with E-state index < -0.39 is 0 Å². The van der Waals surface area contributed by atoms with Crippen molar-refractivity contribution in [3.05, 3.63) is 41.5 Å². The first-order valence-electron chi connectivity index (χ1n) is 7.85. The lowest BCUT2D eigenvalue weighted by Crippen LogP contribution is -2.35. The molecule has 0 aromatic heterocycles. The number of rotatable bonds is 3. The molecule has 106 valence electrons. The average molecular weight is 269 g/mol. The minimum absolute atomic E-state index is 0.239. The van der Waals surface area contributed by atoms with Crippen LogP contribution >= 0.6 is 0 Å². The monoisotopic (exact) mass is 269 g/mol. The van der Waals surface area contributed by atoms with Gasteiger partial charge >= 0.3 is 0 Å². The second kappa shape index (κ2) is 6.36. The van der Waals surface area contributed by atoms with Gasteiger partial charge in [0.25, 0.3) is 0 Å². The van der Waals surface area contributed by atoms with Crippen molar-refractivity contribution in [1.82, 2.24) is 4.90 Å². The zero-order valence-corrected chi connectivity index (χ0v) is 12.1. The molecule has 0 spiro atoms. The van der Waals surface area contributed by atoms with Gasteiger partial charge in [0.2, 0.25) is 0 Å². The lowest BCUT2D eigenvalue weighted by Gasteiger charge is -2.28. The van der Waals surface area contributed by atoms with Gasteiger partial charge in [-0.2, -0.15) is 0 Å². The standard InChI is InChI=1S/C18H23NO/c20-18-16(13-15-7-3-1-4-8-15)9-10-17(18)14-19-11-5-2-6-12-19/h1,3-4,7-8,13,17H,2,5-6,9-12,14H2/b16-13+. The molecular formula is C18H23NO. The number of nitrogens with zero attached hydrogens (tertiary/aromatic N) is 1. The molecule has 0 radical (unpaired) electrons. The van der Waals surface area contributed by atoms with Crippen LogP contribution in [0.3, 0.4) is 0 Å². The molecule has 1 unspecified atom stereocenters. The first-order valence-corrected chi connectivity index (χ1v) is 7.85. The Balaban J connectivity index is 1.63. The quantitative estimate of drug-likeness (QED) is 0.782. The van der Waals surface area contributed by atoms with Gasteiger partial charge in [0.1, 0.15) is 0 Å². The van der Waals surface area contributed by atoms with Crippen molar-refractivity contribution in [3.63, 3.8) is 0 Å². The van der Waals surface area contributed by atoms with Gasteiger partial charge in [-0.15, -0.1) is 0 Å². The Bertz CT molecular complexity index is 485. The number of carbonyl (C=O) groups is 1. The molecule has 1 aromatic carbocycles. The molecule has 0 bridgehead atoms. The van der Waals surface area contributed by atoms with E-state index in [-0.39, 0.29) is 5.92 Å². The smallest absolute Gasteiger partial charge is 0.163 e. The summed E-state index contributed by atoms with van der Waals surface area (Å²) >= 11 is 0. The molecule has 2 nitrogen and oxygen atoms in total. The van der Waals surface area contributed by atoms with Crippen LogP contribution in [0, 0.1) is 5.92 Å². The van der Waals surface area contributed by atoms with Gasteiger partial charge in [-0.1, -0.05) is 36.8 Å². The van der Waals surface area contributed by atoms with Crippen LogP contribution in [0.1, 0.15) is 37.7 Å². The summed E-state index contributed by atoms with van der Waals surface area (Å²) in [5, 5.41) is 0. The number of hydrogen-bond donors (Lipinski definition) is 0. The van der Waals surface area contributed by atoms with E-state index in [1.807, 2.05) is 18.2 Å². The minimum atomic E-state index is 0.239. The Morgan fingerprint density at radius 3 is 2.60 bits per heavy atom. The molecule has 3 rings (SSSR count). The molecule has 2 fully saturated rings. The Kier molecular flexibility index (Phi) is 4.31. The highest BCUT2D eigenvalue weighted by molar-refractivity contribution is 6.03. The second-order valence-corrected chi connectivity index (χ2v) is 6.04. The molecule has 1 aliphatic heterocycles. The van der Waals surface area contributed by atoms with Crippen molar-refractivity contribution >= 4 is 11.9 Å². The third kappa shape index (κ3) is 3.18. The SMILES string of the molecule is O=C1/C(=C/c2ccccc2)CCC1CN1CCCCC1. The Morgan fingerprint density at radius 1 is 1.10 bits per heavy atom. The maximum atomic E-state index is 12.5. The van der Waals surface area contributed by atoms with E-state index in [1.54, 1.807) is 0 Å². The first kappa shape index (κ1) is 13.6. The van der Waals surface area contributed by atoms with Crippen molar-refractivity contribution in [1.29, 1.82) is 0 Å². The first-order chi connectivity index (χ1) is 9.83. The molecule has 2 aliphatic rings. The summed E-state index contributed by atoms with van der Waals surface area (Å²) in [6, 6.07) is 10.2. The van der Waals surface area contributed by atoms with Crippen molar-refractivity contribution in [2.75, 3.05) is 19.6 Å². The number of benzene rings is 1. The molecule has 1 aliphatic carbocycles. The second-order valence-electron chi connectivity index (χ2n) is 6.04. The van der Waals surface area contributed by atoms with Gasteiger partial charge in [-0.05, 0) is 56.0 Å². The Morgan fingerprint density at radius 2 is 1.85 bits per heavy atom. The summed E-state index contributed by atoms with van der Waals surface area (Å²) in [4.78, 5) is 15.0. The van der Waals surface area contributed by atoms with Crippen LogP contribution in [0.25, 0.3) is 6.08 Å². The topological polar surface area (TPSA) is 20.3 Å². The highest BCUT2D eigenvalue weighted by atomic mass is 16.1. The van der Waals surface area contributed by atoms with E-state index in [1.165, 1.54) is 32.4 Å². The largest absolute Gasteiger partial charge is 0.303 e. The number of allylic oxidation sites excluding steroid dienone is 1. The molecule has 2 heteroatoms. The van der Waals surface area contributed by atoms with Crippen LogP contribution in [-0.4, -0.2) is 30.3 Å². The molecular weight excluding hydrogens is 246 g/mol. The number of piperidine rings is 1. The molecule has 1 saturated heterocycles. The summed E-state index contributed by atoms with van der Waals surface area (Å²) in [5.41, 5.74) is 2.17. The number of hydrogen-bond acceptors (Lipinski definition) is 2. The van der Waals surface area contributed by atoms with Crippen molar-refractivity contribution in [3.8, 4) is 0 Å². The van der Waals surface area contributed by atoms with E-state index in [0.717, 1.165) is 30.5 Å². The fourth-order valence-electron chi connectivity index (χ4n) is 3.37. The third-order valence-electron chi connectivity index (χ3n) is 4.52. The molecule has 20 heavy (non-hydrogen) atoms. The van der Waals surface area contributed by atoms with Crippen molar-refractivity contribution in [2.45, 2.75) is 32.1 Å². The van der Waals surface area contributed by atoms with Crippen molar-refractivity contribution < 1.29 is 4.79 Å². The van der Waals surface area contributed by atoms with Crippen LogP contribution in [0.15, 0.2) is 35.9 Å². The fourth-order valence-corrected chi connectivity index (χ4v) is 3.37. The van der Waals surface area contributed by atoms with Crippen LogP contribution in [-0.2, 0) is 4.79 Å². The predicted octanol–water partition coefficient (Wildman–Crippen LogP) is 3.54. The van der Waals surface area contributed by atoms with Crippen LogP contribution in [0.4, 0.5) is 0 Å². The van der Waals surface area contributed by atoms with E-state index >= 15 is 0 Å². The zero-order chi connectivity index (χ0) is 13.8. The minimum Gasteiger partial charge on any atom is -0.303 e.